The van der Waals surface area contributed by atoms with E-state index in [-0.39, 0.29) is 18.2 Å². The summed E-state index contributed by atoms with van der Waals surface area (Å²) in [5.41, 5.74) is 1.09. The summed E-state index contributed by atoms with van der Waals surface area (Å²) in [6.07, 6.45) is -1.33. The molecule has 142 valence electrons. The van der Waals surface area contributed by atoms with E-state index in [2.05, 4.69) is 10.3 Å². The second-order valence-corrected chi connectivity index (χ2v) is 7.36. The van der Waals surface area contributed by atoms with Gasteiger partial charge < -0.3 is 5.32 Å². The van der Waals surface area contributed by atoms with Crippen LogP contribution in [0.4, 0.5) is 13.2 Å². The Kier molecular flexibility index (Phi) is 7.20. The van der Waals surface area contributed by atoms with Crippen LogP contribution in [0.5, 0.6) is 0 Å². The number of benzene rings is 1. The molecule has 1 aromatic carbocycles. The molecule has 2 rings (SSSR count). The quantitative estimate of drug-likeness (QED) is 0.643. The fraction of sp³-hybridized carbons (Fsp3) is 0.474. The lowest BCUT2D eigenvalue weighted by molar-refractivity contribution is -0.137. The highest BCUT2D eigenvalue weighted by Crippen LogP contribution is 2.30. The van der Waals surface area contributed by atoms with Crippen molar-refractivity contribution in [1.29, 1.82) is 0 Å². The molecule has 0 saturated carbocycles. The molecule has 0 aliphatic rings. The number of aryl methyl sites for hydroxylation is 2. The highest BCUT2D eigenvalue weighted by atomic mass is 32.1. The Morgan fingerprint density at radius 1 is 1.23 bits per heavy atom. The fourth-order valence-electron chi connectivity index (χ4n) is 2.62. The zero-order valence-electron chi connectivity index (χ0n) is 14.9. The first-order valence-electron chi connectivity index (χ1n) is 8.60. The second kappa shape index (κ2) is 9.16. The monoisotopic (exact) mass is 384 g/mol. The molecule has 0 fully saturated rings. The van der Waals surface area contributed by atoms with Crippen molar-refractivity contribution in [3.8, 4) is 0 Å². The van der Waals surface area contributed by atoms with Crippen LogP contribution in [0.1, 0.15) is 53.9 Å². The average Bonchev–Trinajstić information content (AvgIpc) is 2.99. The van der Waals surface area contributed by atoms with Crippen LogP contribution in [-0.2, 0) is 17.4 Å². The van der Waals surface area contributed by atoms with E-state index in [1.54, 1.807) is 11.3 Å². The fourth-order valence-corrected chi connectivity index (χ4v) is 3.43. The van der Waals surface area contributed by atoms with Gasteiger partial charge in [0.15, 0.2) is 0 Å². The maximum absolute atomic E-state index is 12.6. The Morgan fingerprint density at radius 2 is 1.92 bits per heavy atom. The van der Waals surface area contributed by atoms with Crippen molar-refractivity contribution in [2.24, 2.45) is 0 Å². The smallest absolute Gasteiger partial charge is 0.356 e. The molecule has 1 unspecified atom stereocenters. The third-order valence-electron chi connectivity index (χ3n) is 4.10. The molecule has 7 heteroatoms. The van der Waals surface area contributed by atoms with Crippen molar-refractivity contribution in [2.45, 2.75) is 51.6 Å². The number of hydrogen-bond donors (Lipinski definition) is 1. The van der Waals surface area contributed by atoms with Gasteiger partial charge in [-0.05, 0) is 49.8 Å². The van der Waals surface area contributed by atoms with Crippen molar-refractivity contribution in [1.82, 2.24) is 10.3 Å². The molecule has 1 amide bonds. The van der Waals surface area contributed by atoms with Crippen molar-refractivity contribution in [3.63, 3.8) is 0 Å². The van der Waals surface area contributed by atoms with Gasteiger partial charge in [-0.25, -0.2) is 4.98 Å². The molecule has 0 saturated heterocycles. The van der Waals surface area contributed by atoms with Crippen LogP contribution in [0.2, 0.25) is 0 Å². The molecule has 1 N–H and O–H groups in total. The van der Waals surface area contributed by atoms with Gasteiger partial charge in [-0.1, -0.05) is 19.1 Å². The Morgan fingerprint density at radius 3 is 2.50 bits per heavy atom. The zero-order valence-corrected chi connectivity index (χ0v) is 15.7. The van der Waals surface area contributed by atoms with Crippen LogP contribution in [0.15, 0.2) is 29.6 Å². The molecule has 26 heavy (non-hydrogen) atoms. The first kappa shape index (κ1) is 20.4. The van der Waals surface area contributed by atoms with E-state index < -0.39 is 11.7 Å². The number of amides is 1. The molecule has 2 aromatic rings. The summed E-state index contributed by atoms with van der Waals surface area (Å²) in [7, 11) is 0. The number of hydrogen-bond acceptors (Lipinski definition) is 3. The highest BCUT2D eigenvalue weighted by molar-refractivity contribution is 7.09. The molecule has 1 aromatic heterocycles. The zero-order chi connectivity index (χ0) is 19.2. The van der Waals surface area contributed by atoms with Crippen molar-refractivity contribution in [3.05, 3.63) is 51.5 Å². The lowest BCUT2D eigenvalue weighted by Gasteiger charge is -2.13. The van der Waals surface area contributed by atoms with Crippen LogP contribution in [0, 0.1) is 6.92 Å². The maximum Gasteiger partial charge on any atom is 0.416 e. The Labute approximate surface area is 155 Å². The largest absolute Gasteiger partial charge is 0.416 e. The van der Waals surface area contributed by atoms with Crippen LogP contribution < -0.4 is 5.32 Å². The normalized spacial score (nSPS) is 12.8. The number of aromatic nitrogens is 1. The molecule has 0 bridgehead atoms. The number of carbonyl (C=O) groups excluding carboxylic acids is 1. The summed E-state index contributed by atoms with van der Waals surface area (Å²) in [5, 5.41) is 6.02. The van der Waals surface area contributed by atoms with E-state index in [4.69, 9.17) is 0 Å². The number of nitrogens with one attached hydrogen (secondary N) is 1. The van der Waals surface area contributed by atoms with Crippen LogP contribution in [0.25, 0.3) is 0 Å². The van der Waals surface area contributed by atoms with Gasteiger partial charge in [-0.2, -0.15) is 13.2 Å². The van der Waals surface area contributed by atoms with E-state index >= 15 is 0 Å². The second-order valence-electron chi connectivity index (χ2n) is 6.41. The minimum atomic E-state index is -4.34. The van der Waals surface area contributed by atoms with Crippen LogP contribution in [0.3, 0.4) is 0 Å². The van der Waals surface area contributed by atoms with E-state index in [1.807, 2.05) is 19.2 Å². The number of nitrogens with zero attached hydrogens (tertiary/aromatic N) is 1. The van der Waals surface area contributed by atoms with E-state index in [1.165, 1.54) is 12.1 Å². The minimum Gasteiger partial charge on any atom is -0.356 e. The average molecular weight is 384 g/mol. The molecule has 0 radical (unpaired) electrons. The molecular formula is C19H23F3N2OS. The summed E-state index contributed by atoms with van der Waals surface area (Å²) in [4.78, 5) is 16.4. The first-order valence-corrected chi connectivity index (χ1v) is 9.48. The van der Waals surface area contributed by atoms with E-state index in [9.17, 15) is 18.0 Å². The number of thiazole rings is 1. The van der Waals surface area contributed by atoms with E-state index in [0.29, 0.717) is 6.54 Å². The molecule has 0 aliphatic heterocycles. The summed E-state index contributed by atoms with van der Waals surface area (Å²) in [5.74, 6) is -0.210. The third kappa shape index (κ3) is 6.44. The topological polar surface area (TPSA) is 42.0 Å². The molecule has 1 heterocycles. The van der Waals surface area contributed by atoms with Gasteiger partial charge in [-0.15, -0.1) is 11.3 Å². The lowest BCUT2D eigenvalue weighted by Crippen LogP contribution is -2.25. The van der Waals surface area contributed by atoms with Crippen molar-refractivity contribution >= 4 is 17.2 Å². The van der Waals surface area contributed by atoms with Gasteiger partial charge in [0.25, 0.3) is 0 Å². The van der Waals surface area contributed by atoms with Gasteiger partial charge in [0.1, 0.15) is 0 Å². The minimum absolute atomic E-state index is 0.0810. The number of alkyl halides is 3. The van der Waals surface area contributed by atoms with Gasteiger partial charge in [-0.3, -0.25) is 4.79 Å². The molecule has 0 aliphatic carbocycles. The Balaban J connectivity index is 1.68. The van der Waals surface area contributed by atoms with E-state index in [0.717, 1.165) is 47.7 Å². The summed E-state index contributed by atoms with van der Waals surface area (Å²) < 4.78 is 37.7. The Hall–Kier alpha value is -1.89. The number of rotatable bonds is 8. The summed E-state index contributed by atoms with van der Waals surface area (Å²) in [6.45, 7) is 4.41. The van der Waals surface area contributed by atoms with Crippen molar-refractivity contribution in [2.75, 3.05) is 6.54 Å². The van der Waals surface area contributed by atoms with Crippen molar-refractivity contribution < 1.29 is 18.0 Å². The lowest BCUT2D eigenvalue weighted by atomic mass is 9.96. The predicted molar refractivity (Wildman–Crippen MR) is 97.3 cm³/mol. The molecule has 3 nitrogen and oxygen atoms in total. The summed E-state index contributed by atoms with van der Waals surface area (Å²) >= 11 is 1.65. The number of halogens is 3. The molecule has 0 spiro atoms. The third-order valence-corrected chi connectivity index (χ3v) is 5.13. The number of carbonyl (C=O) groups is 1. The maximum atomic E-state index is 12.6. The Bertz CT molecular complexity index is 710. The van der Waals surface area contributed by atoms with Crippen LogP contribution in [-0.4, -0.2) is 17.4 Å². The van der Waals surface area contributed by atoms with Gasteiger partial charge in [0.2, 0.25) is 5.91 Å². The standard InChI is InChI=1S/C19H23F3N2OS/c1-13(15-6-8-16(9-7-15)19(20,21)22)11-17(25)23-10-4-3-5-18-24-14(2)12-26-18/h6-9,12-13H,3-5,10-11H2,1-2H3,(H,23,25). The SMILES string of the molecule is Cc1csc(CCCCNC(=O)CC(C)c2ccc(C(F)(F)F)cc2)n1. The van der Waals surface area contributed by atoms with Crippen LogP contribution >= 0.6 is 11.3 Å². The summed E-state index contributed by atoms with van der Waals surface area (Å²) in [6, 6.07) is 5.00. The predicted octanol–water partition coefficient (Wildman–Crippen LogP) is 5.10. The van der Waals surface area contributed by atoms with Gasteiger partial charge in [0, 0.05) is 24.0 Å². The highest BCUT2D eigenvalue weighted by Gasteiger charge is 2.30. The van der Waals surface area contributed by atoms with Gasteiger partial charge in [0.05, 0.1) is 10.6 Å². The number of unbranched alkanes of at least 4 members (excludes halogenated alkanes) is 1. The molecular weight excluding hydrogens is 361 g/mol. The van der Waals surface area contributed by atoms with Gasteiger partial charge >= 0.3 is 6.18 Å². The first-order chi connectivity index (χ1) is 12.3. The molecule has 1 atom stereocenters.